The Bertz CT molecular complexity index is 673. The number of carbonyl (C=O) groups is 3. The lowest BCUT2D eigenvalue weighted by atomic mass is 9.90. The summed E-state index contributed by atoms with van der Waals surface area (Å²) in [5.41, 5.74) is -1.17. The molecule has 25 heavy (non-hydrogen) atoms. The Kier molecular flexibility index (Phi) is 5.60. The SMILES string of the molecule is CN1C(=O)N(C(=O)OI)CC1(Cc1ccccc1)C(=O)OC(C)(C)C. The molecule has 0 saturated carbocycles. The van der Waals surface area contributed by atoms with Gasteiger partial charge in [-0.05, 0) is 26.3 Å². The number of likely N-dealkylation sites (N-methyl/N-ethyl adjacent to an activating group) is 1. The molecule has 1 atom stereocenters. The number of hydrogen-bond donors (Lipinski definition) is 0. The van der Waals surface area contributed by atoms with Crippen molar-refractivity contribution in [3.05, 3.63) is 35.9 Å². The molecule has 1 unspecified atom stereocenters. The normalized spacial score (nSPS) is 20.6. The lowest BCUT2D eigenvalue weighted by molar-refractivity contribution is -0.166. The van der Waals surface area contributed by atoms with E-state index >= 15 is 0 Å². The predicted molar refractivity (Wildman–Crippen MR) is 99.1 cm³/mol. The third kappa shape index (κ3) is 4.05. The maximum atomic E-state index is 13.0. The minimum Gasteiger partial charge on any atom is -0.458 e. The molecule has 0 N–H and O–H groups in total. The van der Waals surface area contributed by atoms with E-state index in [1.165, 1.54) is 35.0 Å². The van der Waals surface area contributed by atoms with Crippen LogP contribution >= 0.6 is 23.0 Å². The molecule has 1 aromatic rings. The second-order valence-electron chi connectivity index (χ2n) is 6.97. The van der Waals surface area contributed by atoms with Gasteiger partial charge in [0.25, 0.3) is 0 Å². The zero-order valence-electron chi connectivity index (χ0n) is 14.6. The van der Waals surface area contributed by atoms with Gasteiger partial charge in [0.05, 0.1) is 6.54 Å². The Morgan fingerprint density at radius 2 is 1.84 bits per heavy atom. The molecule has 8 heteroatoms. The first-order valence-corrected chi connectivity index (χ1v) is 8.64. The van der Waals surface area contributed by atoms with Crippen LogP contribution in [0.4, 0.5) is 9.59 Å². The Balaban J connectivity index is 2.44. The summed E-state index contributed by atoms with van der Waals surface area (Å²) in [6.45, 7) is 5.15. The predicted octanol–water partition coefficient (Wildman–Crippen LogP) is 3.16. The van der Waals surface area contributed by atoms with E-state index in [9.17, 15) is 14.4 Å². The Hall–Kier alpha value is -1.84. The van der Waals surface area contributed by atoms with Crippen molar-refractivity contribution in [1.82, 2.24) is 9.80 Å². The molecule has 1 aromatic carbocycles. The van der Waals surface area contributed by atoms with Gasteiger partial charge in [0, 0.05) is 13.5 Å². The molecule has 136 valence electrons. The fraction of sp³-hybridized carbons (Fsp3) is 0.471. The summed E-state index contributed by atoms with van der Waals surface area (Å²) in [5, 5.41) is 0. The van der Waals surface area contributed by atoms with Crippen LogP contribution in [0.2, 0.25) is 0 Å². The van der Waals surface area contributed by atoms with Gasteiger partial charge < -0.3 is 12.7 Å². The Morgan fingerprint density at radius 1 is 1.24 bits per heavy atom. The lowest BCUT2D eigenvalue weighted by Gasteiger charge is -2.35. The summed E-state index contributed by atoms with van der Waals surface area (Å²) in [5.74, 6) is -0.552. The second-order valence-corrected chi connectivity index (χ2v) is 7.41. The van der Waals surface area contributed by atoms with E-state index in [4.69, 9.17) is 4.74 Å². The summed E-state index contributed by atoms with van der Waals surface area (Å²) in [6.07, 6.45) is -0.577. The van der Waals surface area contributed by atoms with Gasteiger partial charge in [0.2, 0.25) is 0 Å². The highest BCUT2D eigenvalue weighted by molar-refractivity contribution is 14.1. The van der Waals surface area contributed by atoms with E-state index in [2.05, 4.69) is 3.07 Å². The summed E-state index contributed by atoms with van der Waals surface area (Å²) < 4.78 is 10.2. The number of benzene rings is 1. The van der Waals surface area contributed by atoms with Crippen molar-refractivity contribution in [3.8, 4) is 0 Å². The zero-order valence-corrected chi connectivity index (χ0v) is 16.8. The van der Waals surface area contributed by atoms with Crippen molar-refractivity contribution in [2.45, 2.75) is 38.3 Å². The number of rotatable bonds is 3. The third-order valence-electron chi connectivity index (χ3n) is 3.98. The van der Waals surface area contributed by atoms with Gasteiger partial charge in [-0.15, -0.1) is 0 Å². The molecule has 0 aliphatic carbocycles. The van der Waals surface area contributed by atoms with Crippen LogP contribution < -0.4 is 0 Å². The number of hydrogen-bond acceptors (Lipinski definition) is 5. The maximum Gasteiger partial charge on any atom is 0.427 e. The number of esters is 1. The van der Waals surface area contributed by atoms with E-state index in [1.54, 1.807) is 20.8 Å². The standard InChI is InChI=1S/C17H21IN2O5/c1-16(2,3)24-13(21)17(10-12-8-6-5-7-9-12)11-20(15(23)25-18)14(22)19(17)4/h5-9H,10-11H2,1-4H3. The van der Waals surface area contributed by atoms with Crippen molar-refractivity contribution in [1.29, 1.82) is 0 Å². The van der Waals surface area contributed by atoms with Crippen LogP contribution in [0.15, 0.2) is 30.3 Å². The van der Waals surface area contributed by atoms with Crippen molar-refractivity contribution in [2.75, 3.05) is 13.6 Å². The highest BCUT2D eigenvalue weighted by Gasteiger charge is 2.57. The van der Waals surface area contributed by atoms with Gasteiger partial charge in [0.15, 0.2) is 28.5 Å². The van der Waals surface area contributed by atoms with Gasteiger partial charge in [-0.1, -0.05) is 30.3 Å². The highest BCUT2D eigenvalue weighted by Crippen LogP contribution is 2.32. The molecule has 0 spiro atoms. The maximum absolute atomic E-state index is 13.0. The smallest absolute Gasteiger partial charge is 0.427 e. The van der Waals surface area contributed by atoms with Crippen LogP contribution in [0.25, 0.3) is 0 Å². The van der Waals surface area contributed by atoms with E-state index in [-0.39, 0.29) is 13.0 Å². The minimum absolute atomic E-state index is 0.131. The van der Waals surface area contributed by atoms with Crippen LogP contribution in [0.3, 0.4) is 0 Å². The number of ether oxygens (including phenoxy) is 1. The fourth-order valence-corrected chi connectivity index (χ4v) is 2.98. The Morgan fingerprint density at radius 3 is 2.36 bits per heavy atom. The number of halogens is 1. The van der Waals surface area contributed by atoms with Gasteiger partial charge in [-0.3, -0.25) is 0 Å². The number of carbonyl (C=O) groups excluding carboxylic acids is 3. The summed E-state index contributed by atoms with van der Waals surface area (Å²) in [7, 11) is 1.50. The molecule has 2 rings (SSSR count). The molecule has 0 bridgehead atoms. The van der Waals surface area contributed by atoms with Crippen molar-refractivity contribution in [3.63, 3.8) is 0 Å². The minimum atomic E-state index is -1.31. The molecular formula is C17H21IN2O5. The molecule has 0 aromatic heterocycles. The third-order valence-corrected chi connectivity index (χ3v) is 4.36. The summed E-state index contributed by atoms with van der Waals surface area (Å²) >= 11 is 1.42. The number of urea groups is 1. The van der Waals surface area contributed by atoms with E-state index < -0.39 is 29.2 Å². The highest BCUT2D eigenvalue weighted by atomic mass is 127. The van der Waals surface area contributed by atoms with Crippen LogP contribution in [-0.4, -0.2) is 52.6 Å². The van der Waals surface area contributed by atoms with E-state index in [0.717, 1.165) is 10.5 Å². The first-order chi connectivity index (χ1) is 11.6. The second kappa shape index (κ2) is 7.19. The van der Waals surface area contributed by atoms with Gasteiger partial charge in [0.1, 0.15) is 5.60 Å². The zero-order chi connectivity index (χ0) is 18.8. The monoisotopic (exact) mass is 460 g/mol. The molecule has 3 amide bonds. The van der Waals surface area contributed by atoms with E-state index in [1.807, 2.05) is 30.3 Å². The van der Waals surface area contributed by atoms with Crippen molar-refractivity contribution >= 4 is 41.1 Å². The molecule has 1 aliphatic rings. The quantitative estimate of drug-likeness (QED) is 0.512. The number of imide groups is 1. The lowest BCUT2D eigenvalue weighted by Crippen LogP contribution is -2.55. The molecule has 1 aliphatic heterocycles. The van der Waals surface area contributed by atoms with Crippen molar-refractivity contribution < 1.29 is 22.2 Å². The molecule has 1 fully saturated rings. The molecular weight excluding hydrogens is 439 g/mol. The molecule has 1 saturated heterocycles. The Labute approximate surface area is 160 Å². The first kappa shape index (κ1) is 19.5. The fourth-order valence-electron chi connectivity index (χ4n) is 2.74. The largest absolute Gasteiger partial charge is 0.458 e. The molecule has 0 radical (unpaired) electrons. The van der Waals surface area contributed by atoms with Gasteiger partial charge in [-0.2, -0.15) is 0 Å². The van der Waals surface area contributed by atoms with Gasteiger partial charge >= 0.3 is 18.1 Å². The number of amides is 3. The summed E-state index contributed by atoms with van der Waals surface area (Å²) in [6, 6.07) is 8.71. The molecule has 7 nitrogen and oxygen atoms in total. The topological polar surface area (TPSA) is 76.2 Å². The number of nitrogens with zero attached hydrogens (tertiary/aromatic N) is 2. The van der Waals surface area contributed by atoms with Crippen LogP contribution in [0.5, 0.6) is 0 Å². The van der Waals surface area contributed by atoms with Crippen LogP contribution in [0, 0.1) is 0 Å². The van der Waals surface area contributed by atoms with Crippen LogP contribution in [0.1, 0.15) is 26.3 Å². The summed E-state index contributed by atoms with van der Waals surface area (Å²) in [4.78, 5) is 39.6. The van der Waals surface area contributed by atoms with Crippen LogP contribution in [-0.2, 0) is 19.0 Å². The average molecular weight is 460 g/mol. The van der Waals surface area contributed by atoms with E-state index in [0.29, 0.717) is 0 Å². The molecule has 1 heterocycles. The van der Waals surface area contributed by atoms with Gasteiger partial charge in [-0.25, -0.2) is 19.3 Å². The first-order valence-electron chi connectivity index (χ1n) is 7.76. The van der Waals surface area contributed by atoms with Crippen molar-refractivity contribution in [2.24, 2.45) is 0 Å². The average Bonchev–Trinajstić information content (AvgIpc) is 2.80.